The summed E-state index contributed by atoms with van der Waals surface area (Å²) < 4.78 is 8.88. The van der Waals surface area contributed by atoms with E-state index in [1.54, 1.807) is 0 Å². The molecule has 4 nitrogen and oxygen atoms in total. The van der Waals surface area contributed by atoms with Crippen LogP contribution in [0.2, 0.25) is 0 Å². The molecular weight excluding hydrogens is 251 g/mol. The number of phosphoric acid groups is 1. The molecule has 0 saturated heterocycles. The van der Waals surface area contributed by atoms with Crippen LogP contribution in [0.15, 0.2) is 48.5 Å². The Hall–Kier alpha value is -1.45. The molecule has 3 N–H and O–H groups in total. The van der Waals surface area contributed by atoms with E-state index in [9.17, 15) is 0 Å². The van der Waals surface area contributed by atoms with Crippen LogP contribution in [0.25, 0.3) is 11.1 Å². The van der Waals surface area contributed by atoms with Crippen LogP contribution in [0.5, 0.6) is 0 Å². The van der Waals surface area contributed by atoms with Gasteiger partial charge in [0.2, 0.25) is 0 Å². The highest BCUT2D eigenvalue weighted by atomic mass is 31.2. The van der Waals surface area contributed by atoms with Crippen LogP contribution < -0.4 is 0 Å². The van der Waals surface area contributed by atoms with Crippen molar-refractivity contribution in [3.63, 3.8) is 0 Å². The van der Waals surface area contributed by atoms with Gasteiger partial charge in [-0.2, -0.15) is 0 Å². The molecule has 18 heavy (non-hydrogen) atoms. The molecule has 0 heterocycles. The van der Waals surface area contributed by atoms with Crippen molar-refractivity contribution in [1.29, 1.82) is 0 Å². The lowest BCUT2D eigenvalue weighted by molar-refractivity contribution is 0.275. The average molecular weight is 264 g/mol. The Morgan fingerprint density at radius 1 is 0.778 bits per heavy atom. The summed E-state index contributed by atoms with van der Waals surface area (Å²) >= 11 is 0. The summed E-state index contributed by atoms with van der Waals surface area (Å²) in [4.78, 5) is 21.6. The molecule has 5 heteroatoms. The van der Waals surface area contributed by atoms with Crippen molar-refractivity contribution in [2.45, 2.75) is 6.42 Å². The van der Waals surface area contributed by atoms with Crippen LogP contribution in [-0.4, -0.2) is 14.7 Å². The minimum absolute atomic E-state index is 1.10. The van der Waals surface area contributed by atoms with Gasteiger partial charge in [0.15, 0.2) is 0 Å². The van der Waals surface area contributed by atoms with Crippen molar-refractivity contribution in [3.8, 4) is 11.1 Å². The Balaban J connectivity index is 0.000000209. The lowest BCUT2D eigenvalue weighted by Gasteiger charge is -1.98. The molecule has 2 aromatic carbocycles. The van der Waals surface area contributed by atoms with Gasteiger partial charge in [-0.25, -0.2) is 4.57 Å². The summed E-state index contributed by atoms with van der Waals surface area (Å²) in [6.07, 6.45) is 1.10. The molecule has 94 valence electrons. The molecule has 0 radical (unpaired) electrons. The maximum Gasteiger partial charge on any atom is 0.466 e. The predicted octanol–water partition coefficient (Wildman–Crippen LogP) is 2.33. The third-order valence-electron chi connectivity index (χ3n) is 2.71. The zero-order chi connectivity index (χ0) is 13.2. The second-order valence-electron chi connectivity index (χ2n) is 4.00. The van der Waals surface area contributed by atoms with Gasteiger partial charge in [0.05, 0.1) is 0 Å². The summed E-state index contributed by atoms with van der Waals surface area (Å²) in [6.45, 7) is 0. The molecule has 0 saturated carbocycles. The lowest BCUT2D eigenvalue weighted by Crippen LogP contribution is -1.77. The molecular formula is C13H13O4P. The Labute approximate surface area is 105 Å². The second kappa shape index (κ2) is 5.04. The average Bonchev–Trinajstić information content (AvgIpc) is 2.65. The largest absolute Gasteiger partial charge is 0.466 e. The van der Waals surface area contributed by atoms with Crippen molar-refractivity contribution >= 4 is 7.82 Å². The topological polar surface area (TPSA) is 77.8 Å². The first-order valence-corrected chi connectivity index (χ1v) is 6.96. The van der Waals surface area contributed by atoms with Crippen molar-refractivity contribution in [1.82, 2.24) is 0 Å². The van der Waals surface area contributed by atoms with Crippen LogP contribution in [0.3, 0.4) is 0 Å². The van der Waals surface area contributed by atoms with Gasteiger partial charge in [0, 0.05) is 0 Å². The highest BCUT2D eigenvalue weighted by Gasteiger charge is 2.15. The van der Waals surface area contributed by atoms with E-state index in [0.29, 0.717) is 0 Å². The molecule has 1 aliphatic carbocycles. The fraction of sp³-hybridized carbons (Fsp3) is 0.0769. The number of benzene rings is 2. The first kappa shape index (κ1) is 13.0. The van der Waals surface area contributed by atoms with Gasteiger partial charge in [0.25, 0.3) is 0 Å². The Morgan fingerprint density at radius 3 is 1.50 bits per heavy atom. The van der Waals surface area contributed by atoms with Crippen LogP contribution in [-0.2, 0) is 11.0 Å². The smallest absolute Gasteiger partial charge is 0.303 e. The van der Waals surface area contributed by atoms with E-state index in [-0.39, 0.29) is 0 Å². The van der Waals surface area contributed by atoms with Crippen LogP contribution in [0, 0.1) is 0 Å². The van der Waals surface area contributed by atoms with Gasteiger partial charge in [-0.05, 0) is 28.7 Å². The SMILES string of the molecule is O=P(O)(O)O.c1ccc2c(c1)Cc1ccccc1-2. The molecule has 0 spiro atoms. The minimum Gasteiger partial charge on any atom is -0.303 e. The van der Waals surface area contributed by atoms with Gasteiger partial charge in [-0.15, -0.1) is 0 Å². The third kappa shape index (κ3) is 3.28. The zero-order valence-electron chi connectivity index (χ0n) is 9.52. The first-order valence-electron chi connectivity index (χ1n) is 5.39. The van der Waals surface area contributed by atoms with Crippen molar-refractivity contribution in [2.24, 2.45) is 0 Å². The second-order valence-corrected chi connectivity index (χ2v) is 5.03. The Morgan fingerprint density at radius 2 is 1.11 bits per heavy atom. The molecule has 0 fully saturated rings. The molecule has 0 aromatic heterocycles. The molecule has 2 aromatic rings. The third-order valence-corrected chi connectivity index (χ3v) is 2.71. The normalized spacial score (nSPS) is 12.2. The molecule has 0 amide bonds. The van der Waals surface area contributed by atoms with E-state index in [1.807, 2.05) is 0 Å². The summed E-state index contributed by atoms with van der Waals surface area (Å²) in [7, 11) is -4.64. The molecule has 0 aliphatic heterocycles. The van der Waals surface area contributed by atoms with Gasteiger partial charge < -0.3 is 14.7 Å². The van der Waals surface area contributed by atoms with E-state index in [4.69, 9.17) is 19.2 Å². The maximum atomic E-state index is 8.88. The molecule has 0 unspecified atom stereocenters. The minimum atomic E-state index is -4.64. The number of hydrogen-bond donors (Lipinski definition) is 3. The Bertz CT molecular complexity index is 552. The van der Waals surface area contributed by atoms with E-state index in [1.165, 1.54) is 22.3 Å². The summed E-state index contributed by atoms with van der Waals surface area (Å²) in [5.41, 5.74) is 5.75. The highest BCUT2D eigenvalue weighted by Crippen LogP contribution is 2.35. The Kier molecular flexibility index (Phi) is 3.64. The van der Waals surface area contributed by atoms with E-state index in [2.05, 4.69) is 48.5 Å². The van der Waals surface area contributed by atoms with Crippen LogP contribution in [0.4, 0.5) is 0 Å². The quantitative estimate of drug-likeness (QED) is 0.544. The van der Waals surface area contributed by atoms with Crippen molar-refractivity contribution in [3.05, 3.63) is 59.7 Å². The van der Waals surface area contributed by atoms with Crippen LogP contribution >= 0.6 is 7.82 Å². The van der Waals surface area contributed by atoms with Gasteiger partial charge in [0.1, 0.15) is 0 Å². The highest BCUT2D eigenvalue weighted by molar-refractivity contribution is 7.45. The van der Waals surface area contributed by atoms with E-state index >= 15 is 0 Å². The molecule has 3 rings (SSSR count). The maximum absolute atomic E-state index is 8.88. The monoisotopic (exact) mass is 264 g/mol. The van der Waals surface area contributed by atoms with Gasteiger partial charge in [-0.1, -0.05) is 48.5 Å². The fourth-order valence-corrected chi connectivity index (χ4v) is 2.08. The van der Waals surface area contributed by atoms with Crippen LogP contribution in [0.1, 0.15) is 11.1 Å². The number of hydrogen-bond acceptors (Lipinski definition) is 1. The zero-order valence-corrected chi connectivity index (χ0v) is 10.4. The predicted molar refractivity (Wildman–Crippen MR) is 68.9 cm³/mol. The van der Waals surface area contributed by atoms with Gasteiger partial charge >= 0.3 is 7.82 Å². The van der Waals surface area contributed by atoms with Crippen molar-refractivity contribution in [2.75, 3.05) is 0 Å². The lowest BCUT2D eigenvalue weighted by atomic mass is 10.1. The number of rotatable bonds is 0. The summed E-state index contributed by atoms with van der Waals surface area (Å²) in [5, 5.41) is 0. The standard InChI is InChI=1S/C13H10.H3O4P/c1-3-7-12-10(5-1)9-11-6-2-4-8-13(11)12;1-5(2,3)4/h1-8H,9H2;(H3,1,2,3,4). The first-order chi connectivity index (χ1) is 8.45. The molecule has 0 bridgehead atoms. The van der Waals surface area contributed by atoms with Gasteiger partial charge in [-0.3, -0.25) is 0 Å². The molecule has 0 atom stereocenters. The summed E-state index contributed by atoms with van der Waals surface area (Å²) in [5.74, 6) is 0. The van der Waals surface area contributed by atoms with E-state index < -0.39 is 7.82 Å². The number of fused-ring (bicyclic) bond motifs is 3. The van der Waals surface area contributed by atoms with E-state index in [0.717, 1.165) is 6.42 Å². The van der Waals surface area contributed by atoms with Crippen molar-refractivity contribution < 1.29 is 19.2 Å². The summed E-state index contributed by atoms with van der Waals surface area (Å²) in [6, 6.07) is 17.3. The fourth-order valence-electron chi connectivity index (χ4n) is 2.08. The molecule has 1 aliphatic rings.